The van der Waals surface area contributed by atoms with Gasteiger partial charge in [-0.05, 0) is 13.8 Å². The van der Waals surface area contributed by atoms with Gasteiger partial charge >= 0.3 is 0 Å². The zero-order chi connectivity index (χ0) is 12.9. The summed E-state index contributed by atoms with van der Waals surface area (Å²) >= 11 is 0. The van der Waals surface area contributed by atoms with Crippen molar-refractivity contribution >= 4 is 6.29 Å². The fourth-order valence-corrected chi connectivity index (χ4v) is 1.83. The fraction of sp³-hybridized carbons (Fsp3) is 0.750. The minimum absolute atomic E-state index is 0.114. The standard InChI is InChI=1S/C12H20O5/c1-5-9-11(17-12(2,3)16-9)10(6-7-13)15-8-14-4/h5,7,9-11H,1,6,8H2,2-4H3. The Morgan fingerprint density at radius 1 is 1.47 bits per heavy atom. The van der Waals surface area contributed by atoms with Crippen molar-refractivity contribution in [3.05, 3.63) is 12.7 Å². The number of methoxy groups -OCH3 is 1. The molecule has 0 radical (unpaired) electrons. The van der Waals surface area contributed by atoms with Crippen LogP contribution in [-0.2, 0) is 23.7 Å². The predicted octanol–water partition coefficient (Wildman–Crippen LogP) is 1.27. The maximum absolute atomic E-state index is 10.6. The van der Waals surface area contributed by atoms with Crippen molar-refractivity contribution < 1.29 is 23.7 Å². The molecule has 0 saturated carbocycles. The number of carbonyl (C=O) groups excluding carboxylic acids is 1. The number of hydrogen-bond acceptors (Lipinski definition) is 5. The van der Waals surface area contributed by atoms with E-state index in [1.807, 2.05) is 13.8 Å². The van der Waals surface area contributed by atoms with Crippen LogP contribution in [-0.4, -0.2) is 44.3 Å². The van der Waals surface area contributed by atoms with E-state index in [9.17, 15) is 4.79 Å². The van der Waals surface area contributed by atoms with Crippen LogP contribution in [0.4, 0.5) is 0 Å². The van der Waals surface area contributed by atoms with Crippen molar-refractivity contribution in [2.75, 3.05) is 13.9 Å². The van der Waals surface area contributed by atoms with Crippen molar-refractivity contribution in [3.8, 4) is 0 Å². The summed E-state index contributed by atoms with van der Waals surface area (Å²) in [6.07, 6.45) is 1.67. The van der Waals surface area contributed by atoms with Crippen LogP contribution < -0.4 is 0 Å². The Kier molecular flexibility index (Phi) is 5.27. The van der Waals surface area contributed by atoms with Gasteiger partial charge in [0.15, 0.2) is 5.79 Å². The van der Waals surface area contributed by atoms with E-state index in [0.29, 0.717) is 0 Å². The first-order valence-corrected chi connectivity index (χ1v) is 5.56. The lowest BCUT2D eigenvalue weighted by Gasteiger charge is -2.24. The zero-order valence-electron chi connectivity index (χ0n) is 10.5. The van der Waals surface area contributed by atoms with E-state index in [2.05, 4.69) is 6.58 Å². The van der Waals surface area contributed by atoms with Crippen LogP contribution in [0.25, 0.3) is 0 Å². The second kappa shape index (κ2) is 6.26. The highest BCUT2D eigenvalue weighted by Gasteiger charge is 2.44. The van der Waals surface area contributed by atoms with Crippen LogP contribution in [0.1, 0.15) is 20.3 Å². The van der Waals surface area contributed by atoms with Gasteiger partial charge in [0.2, 0.25) is 0 Å². The second-order valence-electron chi connectivity index (χ2n) is 4.31. The molecule has 1 aliphatic heterocycles. The molecule has 0 aromatic carbocycles. The van der Waals surface area contributed by atoms with Crippen LogP contribution in [0.3, 0.4) is 0 Å². The van der Waals surface area contributed by atoms with Gasteiger partial charge in [0.05, 0.1) is 6.10 Å². The molecule has 1 aliphatic rings. The van der Waals surface area contributed by atoms with Gasteiger partial charge < -0.3 is 23.7 Å². The second-order valence-corrected chi connectivity index (χ2v) is 4.31. The third kappa shape index (κ3) is 3.89. The first-order chi connectivity index (χ1) is 8.04. The predicted molar refractivity (Wildman–Crippen MR) is 61.5 cm³/mol. The van der Waals surface area contributed by atoms with E-state index in [0.717, 1.165) is 6.29 Å². The van der Waals surface area contributed by atoms with Gasteiger partial charge in [-0.2, -0.15) is 0 Å². The molecule has 5 nitrogen and oxygen atoms in total. The Labute approximate surface area is 102 Å². The number of aldehydes is 1. The van der Waals surface area contributed by atoms with E-state index >= 15 is 0 Å². The van der Waals surface area contributed by atoms with Crippen LogP contribution in [0.2, 0.25) is 0 Å². The maximum atomic E-state index is 10.6. The quantitative estimate of drug-likeness (QED) is 0.383. The van der Waals surface area contributed by atoms with E-state index in [4.69, 9.17) is 18.9 Å². The molecule has 0 spiro atoms. The Morgan fingerprint density at radius 2 is 2.18 bits per heavy atom. The molecule has 3 atom stereocenters. The summed E-state index contributed by atoms with van der Waals surface area (Å²) in [4.78, 5) is 10.6. The lowest BCUT2D eigenvalue weighted by atomic mass is 10.1. The van der Waals surface area contributed by atoms with Gasteiger partial charge in [0.1, 0.15) is 25.3 Å². The molecule has 0 amide bonds. The van der Waals surface area contributed by atoms with Crippen LogP contribution in [0.5, 0.6) is 0 Å². The van der Waals surface area contributed by atoms with Crippen LogP contribution in [0.15, 0.2) is 12.7 Å². The summed E-state index contributed by atoms with van der Waals surface area (Å²) in [6, 6.07) is 0. The number of ether oxygens (including phenoxy) is 4. The first-order valence-electron chi connectivity index (χ1n) is 5.56. The highest BCUT2D eigenvalue weighted by atomic mass is 16.8. The summed E-state index contributed by atoms with van der Waals surface area (Å²) in [6.45, 7) is 7.45. The smallest absolute Gasteiger partial charge is 0.164 e. The summed E-state index contributed by atoms with van der Waals surface area (Å²) in [7, 11) is 1.53. The van der Waals surface area contributed by atoms with Gasteiger partial charge in [-0.25, -0.2) is 0 Å². The summed E-state index contributed by atoms with van der Waals surface area (Å²) in [5.74, 6) is -0.693. The molecule has 0 aromatic heterocycles. The lowest BCUT2D eigenvalue weighted by Crippen LogP contribution is -2.37. The zero-order valence-corrected chi connectivity index (χ0v) is 10.5. The maximum Gasteiger partial charge on any atom is 0.164 e. The molecule has 5 heteroatoms. The molecule has 1 saturated heterocycles. The summed E-state index contributed by atoms with van der Waals surface area (Å²) in [5, 5.41) is 0. The van der Waals surface area contributed by atoms with Gasteiger partial charge in [-0.3, -0.25) is 0 Å². The van der Waals surface area contributed by atoms with Crippen molar-refractivity contribution in [1.82, 2.24) is 0 Å². The van der Waals surface area contributed by atoms with Gasteiger partial charge in [0, 0.05) is 13.5 Å². The Morgan fingerprint density at radius 3 is 2.71 bits per heavy atom. The molecule has 1 heterocycles. The molecule has 1 fully saturated rings. The van der Waals surface area contributed by atoms with E-state index in [-0.39, 0.29) is 25.4 Å². The number of carbonyl (C=O) groups is 1. The minimum Gasteiger partial charge on any atom is -0.359 e. The Hall–Kier alpha value is -0.750. The van der Waals surface area contributed by atoms with E-state index in [1.165, 1.54) is 7.11 Å². The molecular weight excluding hydrogens is 224 g/mol. The van der Waals surface area contributed by atoms with Gasteiger partial charge in [-0.1, -0.05) is 6.08 Å². The summed E-state index contributed by atoms with van der Waals surface area (Å²) in [5.41, 5.74) is 0. The molecule has 1 rings (SSSR count). The topological polar surface area (TPSA) is 54.0 Å². The number of rotatable bonds is 7. The first kappa shape index (κ1) is 14.3. The average molecular weight is 244 g/mol. The molecular formula is C12H20O5. The van der Waals surface area contributed by atoms with E-state index in [1.54, 1.807) is 6.08 Å². The van der Waals surface area contributed by atoms with Crippen molar-refractivity contribution in [2.45, 2.75) is 44.4 Å². The molecule has 0 aliphatic carbocycles. The van der Waals surface area contributed by atoms with Crippen molar-refractivity contribution in [2.24, 2.45) is 0 Å². The van der Waals surface area contributed by atoms with E-state index < -0.39 is 11.9 Å². The number of hydrogen-bond donors (Lipinski definition) is 0. The Balaban J connectivity index is 2.70. The molecule has 3 unspecified atom stereocenters. The Bertz CT molecular complexity index is 264. The molecule has 0 aromatic rings. The van der Waals surface area contributed by atoms with Gasteiger partial charge in [0.25, 0.3) is 0 Å². The minimum atomic E-state index is -0.693. The average Bonchev–Trinajstić information content (AvgIpc) is 2.60. The monoisotopic (exact) mass is 244 g/mol. The molecule has 17 heavy (non-hydrogen) atoms. The van der Waals surface area contributed by atoms with Crippen LogP contribution >= 0.6 is 0 Å². The highest BCUT2D eigenvalue weighted by Crippen LogP contribution is 2.32. The third-order valence-corrected chi connectivity index (χ3v) is 2.49. The summed E-state index contributed by atoms with van der Waals surface area (Å²) < 4.78 is 21.6. The normalized spacial score (nSPS) is 28.9. The third-order valence-electron chi connectivity index (χ3n) is 2.49. The highest BCUT2D eigenvalue weighted by molar-refractivity contribution is 5.50. The van der Waals surface area contributed by atoms with Crippen LogP contribution in [0, 0.1) is 0 Å². The lowest BCUT2D eigenvalue weighted by molar-refractivity contribution is -0.170. The van der Waals surface area contributed by atoms with Crippen molar-refractivity contribution in [1.29, 1.82) is 0 Å². The van der Waals surface area contributed by atoms with Crippen molar-refractivity contribution in [3.63, 3.8) is 0 Å². The largest absolute Gasteiger partial charge is 0.359 e. The molecule has 0 bridgehead atoms. The molecule has 98 valence electrons. The SMILES string of the molecule is C=CC1OC(C)(C)OC1C(CC=O)OCOC. The fourth-order valence-electron chi connectivity index (χ4n) is 1.83. The molecule has 0 N–H and O–H groups in total. The van der Waals surface area contributed by atoms with Gasteiger partial charge in [-0.15, -0.1) is 6.58 Å².